The van der Waals surface area contributed by atoms with E-state index in [1.165, 1.54) is 7.11 Å². The van der Waals surface area contributed by atoms with Crippen molar-refractivity contribution in [3.63, 3.8) is 0 Å². The summed E-state index contributed by atoms with van der Waals surface area (Å²) in [4.78, 5) is 24.0. The maximum Gasteiger partial charge on any atom is 0.337 e. The second-order valence-corrected chi connectivity index (χ2v) is 5.83. The number of ether oxygens (including phenoxy) is 2. The van der Waals surface area contributed by atoms with Crippen LogP contribution in [0.5, 0.6) is 5.75 Å². The molecular weight excluding hydrogens is 330 g/mol. The van der Waals surface area contributed by atoms with Crippen LogP contribution < -0.4 is 10.1 Å². The normalized spacial score (nSPS) is 11.6. The molecule has 0 saturated carbocycles. The molecule has 0 aliphatic carbocycles. The van der Waals surface area contributed by atoms with Gasteiger partial charge in [-0.15, -0.1) is 0 Å². The SMILES string of the molecule is COC(=O)c1cccc(NC(=O)[C@H](C)Oc2ccc3ccccc3c2)c1. The third-order valence-electron chi connectivity index (χ3n) is 3.95. The fourth-order valence-corrected chi connectivity index (χ4v) is 2.58. The van der Waals surface area contributed by atoms with Crippen molar-refractivity contribution in [1.29, 1.82) is 0 Å². The summed E-state index contributed by atoms with van der Waals surface area (Å²) in [6, 6.07) is 20.2. The number of amides is 1. The molecule has 0 saturated heterocycles. The van der Waals surface area contributed by atoms with Gasteiger partial charge in [-0.05, 0) is 48.0 Å². The average Bonchev–Trinajstić information content (AvgIpc) is 2.67. The van der Waals surface area contributed by atoms with E-state index in [1.807, 2.05) is 42.5 Å². The Kier molecular flexibility index (Phi) is 5.17. The Morgan fingerprint density at radius 2 is 1.69 bits per heavy atom. The number of anilines is 1. The predicted octanol–water partition coefficient (Wildman–Crippen LogP) is 4.03. The van der Waals surface area contributed by atoms with Crippen molar-refractivity contribution in [2.45, 2.75) is 13.0 Å². The highest BCUT2D eigenvalue weighted by Crippen LogP contribution is 2.22. The summed E-state index contributed by atoms with van der Waals surface area (Å²) >= 11 is 0. The zero-order chi connectivity index (χ0) is 18.5. The third-order valence-corrected chi connectivity index (χ3v) is 3.95. The lowest BCUT2D eigenvalue weighted by molar-refractivity contribution is -0.122. The fraction of sp³-hybridized carbons (Fsp3) is 0.143. The summed E-state index contributed by atoms with van der Waals surface area (Å²) in [5.74, 6) is -0.142. The highest BCUT2D eigenvalue weighted by Gasteiger charge is 2.16. The Morgan fingerprint density at radius 3 is 2.46 bits per heavy atom. The van der Waals surface area contributed by atoms with Crippen molar-refractivity contribution in [2.75, 3.05) is 12.4 Å². The second kappa shape index (κ2) is 7.70. The van der Waals surface area contributed by atoms with Gasteiger partial charge in [0.25, 0.3) is 5.91 Å². The molecule has 1 amide bonds. The highest BCUT2D eigenvalue weighted by atomic mass is 16.5. The maximum absolute atomic E-state index is 12.4. The highest BCUT2D eigenvalue weighted by molar-refractivity contribution is 5.96. The Bertz CT molecular complexity index is 951. The predicted molar refractivity (Wildman–Crippen MR) is 100 cm³/mol. The number of hydrogen-bond donors (Lipinski definition) is 1. The van der Waals surface area contributed by atoms with E-state index in [0.717, 1.165) is 10.8 Å². The number of rotatable bonds is 5. The van der Waals surface area contributed by atoms with E-state index in [0.29, 0.717) is 17.0 Å². The Morgan fingerprint density at radius 1 is 0.923 bits per heavy atom. The number of nitrogens with one attached hydrogen (secondary N) is 1. The number of carbonyl (C=O) groups is 2. The minimum atomic E-state index is -0.696. The maximum atomic E-state index is 12.4. The summed E-state index contributed by atoms with van der Waals surface area (Å²) in [7, 11) is 1.31. The van der Waals surface area contributed by atoms with E-state index in [-0.39, 0.29) is 5.91 Å². The van der Waals surface area contributed by atoms with E-state index < -0.39 is 12.1 Å². The molecule has 3 rings (SSSR count). The van der Waals surface area contributed by atoms with Gasteiger partial charge in [0.1, 0.15) is 5.75 Å². The van der Waals surface area contributed by atoms with Gasteiger partial charge in [0.05, 0.1) is 12.7 Å². The lowest BCUT2D eigenvalue weighted by Gasteiger charge is -2.15. The van der Waals surface area contributed by atoms with Crippen molar-refractivity contribution < 1.29 is 19.1 Å². The number of carbonyl (C=O) groups excluding carboxylic acids is 2. The Labute approximate surface area is 151 Å². The zero-order valence-electron chi connectivity index (χ0n) is 14.6. The van der Waals surface area contributed by atoms with E-state index in [4.69, 9.17) is 4.74 Å². The van der Waals surface area contributed by atoms with Crippen LogP contribution in [0.25, 0.3) is 10.8 Å². The van der Waals surface area contributed by atoms with Crippen LogP contribution in [-0.4, -0.2) is 25.1 Å². The molecule has 1 atom stereocenters. The minimum absolute atomic E-state index is 0.305. The lowest BCUT2D eigenvalue weighted by atomic mass is 10.1. The molecule has 1 N–H and O–H groups in total. The Hall–Kier alpha value is -3.34. The van der Waals surface area contributed by atoms with Crippen molar-refractivity contribution in [3.05, 3.63) is 72.3 Å². The molecule has 3 aromatic rings. The molecule has 0 aromatic heterocycles. The first-order valence-electron chi connectivity index (χ1n) is 8.21. The summed E-state index contributed by atoms with van der Waals surface area (Å²) in [5, 5.41) is 4.90. The summed E-state index contributed by atoms with van der Waals surface area (Å²) in [6.45, 7) is 1.68. The van der Waals surface area contributed by atoms with Gasteiger partial charge in [0.2, 0.25) is 0 Å². The molecule has 0 heterocycles. The molecule has 0 aliphatic rings. The zero-order valence-corrected chi connectivity index (χ0v) is 14.6. The summed E-state index contributed by atoms with van der Waals surface area (Å²) in [5.41, 5.74) is 0.875. The number of methoxy groups -OCH3 is 1. The van der Waals surface area contributed by atoms with Gasteiger partial charge in [-0.2, -0.15) is 0 Å². The topological polar surface area (TPSA) is 64.6 Å². The summed E-state index contributed by atoms with van der Waals surface area (Å²) in [6.07, 6.45) is -0.696. The monoisotopic (exact) mass is 349 g/mol. The molecule has 0 aliphatic heterocycles. The number of fused-ring (bicyclic) bond motifs is 1. The number of hydrogen-bond acceptors (Lipinski definition) is 4. The molecule has 0 bridgehead atoms. The summed E-state index contributed by atoms with van der Waals surface area (Å²) < 4.78 is 10.4. The molecule has 0 unspecified atom stereocenters. The van der Waals surface area contributed by atoms with Gasteiger partial charge < -0.3 is 14.8 Å². The van der Waals surface area contributed by atoms with Crippen LogP contribution in [0.2, 0.25) is 0 Å². The fourth-order valence-electron chi connectivity index (χ4n) is 2.58. The van der Waals surface area contributed by atoms with E-state index in [9.17, 15) is 9.59 Å². The molecule has 3 aromatic carbocycles. The van der Waals surface area contributed by atoms with Crippen molar-refractivity contribution in [2.24, 2.45) is 0 Å². The second-order valence-electron chi connectivity index (χ2n) is 5.83. The van der Waals surface area contributed by atoms with E-state index in [2.05, 4.69) is 10.1 Å². The standard InChI is InChI=1S/C21H19NO4/c1-14(26-19-11-10-15-6-3-4-7-16(15)13-19)20(23)22-18-9-5-8-17(12-18)21(24)25-2/h3-14H,1-2H3,(H,22,23)/t14-/m0/s1. The quantitative estimate of drug-likeness (QED) is 0.706. The average molecular weight is 349 g/mol. The van der Waals surface area contributed by atoms with Crippen LogP contribution in [0.15, 0.2) is 66.7 Å². The van der Waals surface area contributed by atoms with Crippen molar-refractivity contribution in [3.8, 4) is 5.75 Å². The van der Waals surface area contributed by atoms with Crippen LogP contribution in [0.4, 0.5) is 5.69 Å². The molecule has 132 valence electrons. The van der Waals surface area contributed by atoms with E-state index >= 15 is 0 Å². The van der Waals surface area contributed by atoms with Crippen LogP contribution in [0, 0.1) is 0 Å². The van der Waals surface area contributed by atoms with Crippen LogP contribution >= 0.6 is 0 Å². The van der Waals surface area contributed by atoms with E-state index in [1.54, 1.807) is 31.2 Å². The molecule has 0 spiro atoms. The van der Waals surface area contributed by atoms with Gasteiger partial charge >= 0.3 is 5.97 Å². The van der Waals surface area contributed by atoms with Gasteiger partial charge in [0.15, 0.2) is 6.10 Å². The first-order valence-corrected chi connectivity index (χ1v) is 8.21. The molecule has 0 fully saturated rings. The van der Waals surface area contributed by atoms with Gasteiger partial charge in [-0.3, -0.25) is 4.79 Å². The van der Waals surface area contributed by atoms with Crippen LogP contribution in [-0.2, 0) is 9.53 Å². The van der Waals surface area contributed by atoms with Gasteiger partial charge in [-0.25, -0.2) is 4.79 Å². The van der Waals surface area contributed by atoms with Crippen molar-refractivity contribution >= 4 is 28.3 Å². The molecule has 5 nitrogen and oxygen atoms in total. The first kappa shape index (κ1) is 17.5. The first-order chi connectivity index (χ1) is 12.6. The molecule has 0 radical (unpaired) electrons. The van der Waals surface area contributed by atoms with Gasteiger partial charge in [0, 0.05) is 5.69 Å². The number of esters is 1. The lowest BCUT2D eigenvalue weighted by Crippen LogP contribution is -2.30. The largest absolute Gasteiger partial charge is 0.481 e. The molecular formula is C21H19NO4. The number of benzene rings is 3. The molecule has 26 heavy (non-hydrogen) atoms. The van der Waals surface area contributed by atoms with Crippen LogP contribution in [0.1, 0.15) is 17.3 Å². The smallest absolute Gasteiger partial charge is 0.337 e. The Balaban J connectivity index is 1.68. The van der Waals surface area contributed by atoms with Crippen LogP contribution in [0.3, 0.4) is 0 Å². The minimum Gasteiger partial charge on any atom is -0.481 e. The third kappa shape index (κ3) is 4.00. The van der Waals surface area contributed by atoms with Crippen molar-refractivity contribution in [1.82, 2.24) is 0 Å². The van der Waals surface area contributed by atoms with Gasteiger partial charge in [-0.1, -0.05) is 36.4 Å². The molecule has 5 heteroatoms.